The predicted octanol–water partition coefficient (Wildman–Crippen LogP) is 3.00. The molecule has 2 N–H and O–H groups in total. The summed E-state index contributed by atoms with van der Waals surface area (Å²) in [5.41, 5.74) is 0.879. The lowest BCUT2D eigenvalue weighted by atomic mass is 10.3. The molecule has 2 aromatic heterocycles. The minimum Gasteiger partial charge on any atom is -0.408 e. The maximum atomic E-state index is 12.1. The number of H-pyrrole nitrogens is 1. The number of carbonyl (C=O) groups excluding carboxylic acids is 1. The van der Waals surface area contributed by atoms with Gasteiger partial charge in [-0.05, 0) is 18.2 Å². The van der Waals surface area contributed by atoms with Crippen molar-refractivity contribution in [2.75, 3.05) is 5.32 Å². The summed E-state index contributed by atoms with van der Waals surface area (Å²) in [5.74, 6) is -1.13. The standard InChI is InChI=1S/C12H6ClN3O5S/c13-10-7(16(19)20)4-9(22-10)11(17)14-5-1-2-8-6(3-5)15-12(18)21-8/h1-4H,(H,14,17)(H,15,18). The average Bonchev–Trinajstić information content (AvgIpc) is 3.00. The Kier molecular flexibility index (Phi) is 3.43. The van der Waals surface area contributed by atoms with Crippen LogP contribution in [0.5, 0.6) is 0 Å². The molecule has 0 unspecified atom stereocenters. The number of anilines is 1. The van der Waals surface area contributed by atoms with E-state index in [-0.39, 0.29) is 14.9 Å². The van der Waals surface area contributed by atoms with Crippen molar-refractivity contribution in [2.45, 2.75) is 0 Å². The van der Waals surface area contributed by atoms with Crippen molar-refractivity contribution in [3.05, 3.63) is 54.1 Å². The highest BCUT2D eigenvalue weighted by Gasteiger charge is 2.21. The third-order valence-corrected chi connectivity index (χ3v) is 4.10. The van der Waals surface area contributed by atoms with Gasteiger partial charge in [-0.15, -0.1) is 11.3 Å². The van der Waals surface area contributed by atoms with Crippen molar-refractivity contribution in [3.8, 4) is 0 Å². The van der Waals surface area contributed by atoms with Crippen LogP contribution in [0, 0.1) is 10.1 Å². The number of aromatic nitrogens is 1. The number of nitrogens with zero attached hydrogens (tertiary/aromatic N) is 1. The van der Waals surface area contributed by atoms with Crippen molar-refractivity contribution < 1.29 is 14.1 Å². The highest BCUT2D eigenvalue weighted by molar-refractivity contribution is 7.18. The van der Waals surface area contributed by atoms with Crippen LogP contribution in [0.1, 0.15) is 9.67 Å². The fourth-order valence-electron chi connectivity index (χ4n) is 1.82. The third kappa shape index (κ3) is 2.59. The summed E-state index contributed by atoms with van der Waals surface area (Å²) in [6.07, 6.45) is 0. The number of amides is 1. The lowest BCUT2D eigenvalue weighted by Gasteiger charge is -2.02. The van der Waals surface area contributed by atoms with Crippen molar-refractivity contribution in [1.82, 2.24) is 4.98 Å². The number of hydrogen-bond donors (Lipinski definition) is 2. The van der Waals surface area contributed by atoms with Crippen LogP contribution in [0.2, 0.25) is 4.34 Å². The number of hydrogen-bond acceptors (Lipinski definition) is 6. The van der Waals surface area contributed by atoms with Gasteiger partial charge in [0.1, 0.15) is 4.88 Å². The molecule has 2 heterocycles. The van der Waals surface area contributed by atoms with E-state index in [1.165, 1.54) is 12.1 Å². The number of carbonyl (C=O) groups is 1. The molecule has 10 heteroatoms. The number of oxazole rings is 1. The Hall–Kier alpha value is -2.65. The molecule has 0 fully saturated rings. The summed E-state index contributed by atoms with van der Waals surface area (Å²) in [7, 11) is 0. The number of aromatic amines is 1. The molecule has 0 atom stereocenters. The maximum absolute atomic E-state index is 12.1. The summed E-state index contributed by atoms with van der Waals surface area (Å²) in [6.45, 7) is 0. The Bertz CT molecular complexity index is 957. The molecule has 0 saturated carbocycles. The molecule has 22 heavy (non-hydrogen) atoms. The van der Waals surface area contributed by atoms with Crippen LogP contribution in [0.4, 0.5) is 11.4 Å². The normalized spacial score (nSPS) is 10.8. The first-order chi connectivity index (χ1) is 10.4. The number of benzene rings is 1. The molecule has 0 aliphatic rings. The van der Waals surface area contributed by atoms with Gasteiger partial charge in [0.2, 0.25) is 0 Å². The van der Waals surface area contributed by atoms with Gasteiger partial charge in [0.15, 0.2) is 9.92 Å². The molecule has 3 rings (SSSR count). The van der Waals surface area contributed by atoms with E-state index >= 15 is 0 Å². The summed E-state index contributed by atoms with van der Waals surface area (Å²) in [6, 6.07) is 5.69. The van der Waals surface area contributed by atoms with E-state index < -0.39 is 16.6 Å². The number of fused-ring (bicyclic) bond motifs is 1. The Morgan fingerprint density at radius 2 is 2.18 bits per heavy atom. The lowest BCUT2D eigenvalue weighted by Crippen LogP contribution is -2.09. The van der Waals surface area contributed by atoms with Crippen LogP contribution in [0.15, 0.2) is 33.5 Å². The van der Waals surface area contributed by atoms with Crippen LogP contribution >= 0.6 is 22.9 Å². The fraction of sp³-hybridized carbons (Fsp3) is 0. The van der Waals surface area contributed by atoms with Crippen LogP contribution < -0.4 is 11.1 Å². The number of nitro groups is 1. The Balaban J connectivity index is 1.87. The first-order valence-electron chi connectivity index (χ1n) is 5.82. The van der Waals surface area contributed by atoms with Gasteiger partial charge in [-0.2, -0.15) is 0 Å². The second-order valence-electron chi connectivity index (χ2n) is 4.21. The second kappa shape index (κ2) is 5.28. The zero-order valence-electron chi connectivity index (χ0n) is 10.6. The van der Waals surface area contributed by atoms with Gasteiger partial charge in [0.25, 0.3) is 11.6 Å². The highest BCUT2D eigenvalue weighted by atomic mass is 35.5. The van der Waals surface area contributed by atoms with Gasteiger partial charge in [-0.25, -0.2) is 4.79 Å². The first-order valence-corrected chi connectivity index (χ1v) is 7.01. The van der Waals surface area contributed by atoms with Gasteiger partial charge in [-0.3, -0.25) is 19.9 Å². The highest BCUT2D eigenvalue weighted by Crippen LogP contribution is 2.34. The quantitative estimate of drug-likeness (QED) is 0.561. The lowest BCUT2D eigenvalue weighted by molar-refractivity contribution is -0.384. The summed E-state index contributed by atoms with van der Waals surface area (Å²) >= 11 is 6.53. The van der Waals surface area contributed by atoms with Crippen molar-refractivity contribution in [1.29, 1.82) is 0 Å². The minimum atomic E-state index is -0.655. The van der Waals surface area contributed by atoms with Crippen molar-refractivity contribution in [3.63, 3.8) is 0 Å². The molecule has 1 aromatic carbocycles. The molecule has 0 aliphatic heterocycles. The Labute approximate surface area is 130 Å². The molecular weight excluding hydrogens is 334 g/mol. The molecule has 8 nitrogen and oxygen atoms in total. The molecule has 0 saturated heterocycles. The van der Waals surface area contributed by atoms with Crippen molar-refractivity contribution >= 4 is 51.3 Å². The molecule has 112 valence electrons. The number of halogens is 1. The van der Waals surface area contributed by atoms with E-state index in [2.05, 4.69) is 10.3 Å². The third-order valence-electron chi connectivity index (χ3n) is 2.77. The number of nitrogens with one attached hydrogen (secondary N) is 2. The zero-order valence-corrected chi connectivity index (χ0v) is 12.2. The van der Waals surface area contributed by atoms with Crippen molar-refractivity contribution in [2.24, 2.45) is 0 Å². The summed E-state index contributed by atoms with van der Waals surface area (Å²) < 4.78 is 4.78. The van der Waals surface area contributed by atoms with E-state index in [1.807, 2.05) is 0 Å². The van der Waals surface area contributed by atoms with E-state index in [9.17, 15) is 19.7 Å². The maximum Gasteiger partial charge on any atom is 0.417 e. The predicted molar refractivity (Wildman–Crippen MR) is 80.8 cm³/mol. The van der Waals surface area contributed by atoms with E-state index in [4.69, 9.17) is 16.0 Å². The minimum absolute atomic E-state index is 0.0650. The van der Waals surface area contributed by atoms with Crippen LogP contribution in [0.25, 0.3) is 11.1 Å². The molecule has 3 aromatic rings. The molecule has 0 aliphatic carbocycles. The largest absolute Gasteiger partial charge is 0.417 e. The summed E-state index contributed by atoms with van der Waals surface area (Å²) in [4.78, 5) is 35.8. The monoisotopic (exact) mass is 339 g/mol. The molecule has 0 radical (unpaired) electrons. The molecule has 1 amide bonds. The van der Waals surface area contributed by atoms with Crippen LogP contribution in [-0.2, 0) is 0 Å². The number of thiophene rings is 1. The van der Waals surface area contributed by atoms with Gasteiger partial charge < -0.3 is 9.73 Å². The Morgan fingerprint density at radius 3 is 2.86 bits per heavy atom. The first kappa shape index (κ1) is 14.3. The SMILES string of the molecule is O=C(Nc1ccc2oc(=O)[nH]c2c1)c1cc([N+](=O)[O-])c(Cl)s1. The van der Waals surface area contributed by atoms with E-state index in [0.717, 1.165) is 17.4 Å². The van der Waals surface area contributed by atoms with Gasteiger partial charge in [-0.1, -0.05) is 11.6 Å². The zero-order chi connectivity index (χ0) is 15.9. The topological polar surface area (TPSA) is 118 Å². The van der Waals surface area contributed by atoms with E-state index in [1.54, 1.807) is 6.07 Å². The molecule has 0 spiro atoms. The Morgan fingerprint density at radius 1 is 1.41 bits per heavy atom. The summed E-state index contributed by atoms with van der Waals surface area (Å²) in [5, 5.41) is 13.3. The smallest absolute Gasteiger partial charge is 0.408 e. The van der Waals surface area contributed by atoms with E-state index in [0.29, 0.717) is 16.8 Å². The second-order valence-corrected chi connectivity index (χ2v) is 5.86. The molecule has 0 bridgehead atoms. The van der Waals surface area contributed by atoms with Crippen LogP contribution in [-0.4, -0.2) is 15.8 Å². The van der Waals surface area contributed by atoms with Gasteiger partial charge in [0, 0.05) is 11.8 Å². The van der Waals surface area contributed by atoms with Gasteiger partial charge in [0.05, 0.1) is 10.4 Å². The number of rotatable bonds is 3. The van der Waals surface area contributed by atoms with Crippen LogP contribution in [0.3, 0.4) is 0 Å². The fourth-order valence-corrected chi connectivity index (χ4v) is 2.94. The molecular formula is C12H6ClN3O5S. The van der Waals surface area contributed by atoms with Gasteiger partial charge >= 0.3 is 5.76 Å². The average molecular weight is 340 g/mol.